The number of hydrogen-bond donors (Lipinski definition) is 2. The molecule has 0 aliphatic heterocycles. The van der Waals surface area contributed by atoms with E-state index in [1.165, 1.54) is 30.4 Å². The third-order valence-corrected chi connectivity index (χ3v) is 5.44. The number of hydrogen-bond acceptors (Lipinski definition) is 7. The van der Waals surface area contributed by atoms with Crippen molar-refractivity contribution in [3.63, 3.8) is 0 Å². The molecule has 170 valence electrons. The highest BCUT2D eigenvalue weighted by Crippen LogP contribution is 2.35. The van der Waals surface area contributed by atoms with Crippen molar-refractivity contribution in [2.24, 2.45) is 0 Å². The van der Waals surface area contributed by atoms with E-state index in [-0.39, 0.29) is 28.6 Å². The molecule has 0 unspecified atom stereocenters. The van der Waals surface area contributed by atoms with Crippen LogP contribution in [0.4, 0.5) is 11.4 Å². The molecule has 0 bridgehead atoms. The smallest absolute Gasteiger partial charge is 0.350 e. The summed E-state index contributed by atoms with van der Waals surface area (Å²) >= 11 is 1.20. The fraction of sp³-hybridized carbons (Fsp3) is 0.167. The van der Waals surface area contributed by atoms with E-state index in [4.69, 9.17) is 9.47 Å². The molecule has 0 fully saturated rings. The Balaban J connectivity index is 1.69. The molecule has 2 amide bonds. The van der Waals surface area contributed by atoms with E-state index in [0.29, 0.717) is 5.69 Å². The predicted octanol–water partition coefficient (Wildman–Crippen LogP) is 4.35. The molecule has 3 aromatic rings. The number of nitrogens with one attached hydrogen (secondary N) is 2. The molecular weight excluding hydrogens is 444 g/mol. The van der Waals surface area contributed by atoms with Gasteiger partial charge in [-0.05, 0) is 36.8 Å². The minimum atomic E-state index is -0.724. The van der Waals surface area contributed by atoms with Gasteiger partial charge in [-0.3, -0.25) is 9.59 Å². The molecule has 8 nitrogen and oxygen atoms in total. The molecule has 2 aromatic carbocycles. The molecule has 1 heterocycles. The highest BCUT2D eigenvalue weighted by molar-refractivity contribution is 7.18. The predicted molar refractivity (Wildman–Crippen MR) is 125 cm³/mol. The Bertz CT molecular complexity index is 1170. The lowest BCUT2D eigenvalue weighted by Gasteiger charge is -2.08. The van der Waals surface area contributed by atoms with Gasteiger partial charge in [0, 0.05) is 17.5 Å². The van der Waals surface area contributed by atoms with Gasteiger partial charge >= 0.3 is 11.9 Å². The van der Waals surface area contributed by atoms with E-state index >= 15 is 0 Å². The number of benzene rings is 2. The fourth-order valence-corrected chi connectivity index (χ4v) is 3.92. The Morgan fingerprint density at radius 2 is 1.64 bits per heavy atom. The summed E-state index contributed by atoms with van der Waals surface area (Å²) in [6.07, 6.45) is 0. The lowest BCUT2D eigenvalue weighted by Crippen LogP contribution is -2.22. The number of amides is 2. The Hall–Kier alpha value is -3.98. The first-order chi connectivity index (χ1) is 15.9. The van der Waals surface area contributed by atoms with Crippen molar-refractivity contribution in [3.8, 4) is 10.4 Å². The minimum absolute atomic E-state index is 0.183. The Morgan fingerprint density at radius 3 is 2.33 bits per heavy atom. The molecule has 1 aromatic heterocycles. The Morgan fingerprint density at radius 1 is 0.879 bits per heavy atom. The normalized spacial score (nSPS) is 10.2. The van der Waals surface area contributed by atoms with Crippen LogP contribution in [0.25, 0.3) is 10.4 Å². The van der Waals surface area contributed by atoms with Gasteiger partial charge in [0.1, 0.15) is 4.88 Å². The van der Waals surface area contributed by atoms with Crippen LogP contribution in [-0.4, -0.2) is 37.0 Å². The molecule has 9 heteroatoms. The standard InChI is InChI=1S/C24H22N2O6S/c1-3-31-24(30)22-19(13-20(33-22)16-8-5-4-6-9-16)26-21(28)14-32-23(29)17-10-7-11-18(12-17)25-15(2)27/h4-13H,3,14H2,1-2H3,(H,25,27)(H,26,28). The van der Waals surface area contributed by atoms with Crippen LogP contribution >= 0.6 is 11.3 Å². The number of rotatable bonds is 8. The van der Waals surface area contributed by atoms with Crippen molar-refractivity contribution in [1.82, 2.24) is 0 Å². The van der Waals surface area contributed by atoms with Crippen LogP contribution in [0.5, 0.6) is 0 Å². The zero-order valence-corrected chi connectivity index (χ0v) is 18.9. The maximum absolute atomic E-state index is 12.4. The summed E-state index contributed by atoms with van der Waals surface area (Å²) < 4.78 is 10.2. The second kappa shape index (κ2) is 11.1. The summed E-state index contributed by atoms with van der Waals surface area (Å²) in [5, 5.41) is 5.19. The molecule has 0 radical (unpaired) electrons. The van der Waals surface area contributed by atoms with Crippen LogP contribution in [-0.2, 0) is 19.1 Å². The van der Waals surface area contributed by atoms with Crippen molar-refractivity contribution < 1.29 is 28.7 Å². The summed E-state index contributed by atoms with van der Waals surface area (Å²) in [6.45, 7) is 2.69. The van der Waals surface area contributed by atoms with E-state index in [9.17, 15) is 19.2 Å². The van der Waals surface area contributed by atoms with Gasteiger partial charge < -0.3 is 20.1 Å². The summed E-state index contributed by atoms with van der Waals surface area (Å²) in [5.41, 5.74) is 1.79. The number of esters is 2. The third-order valence-electron chi connectivity index (χ3n) is 4.28. The molecule has 0 aliphatic rings. The lowest BCUT2D eigenvalue weighted by atomic mass is 10.2. The maximum Gasteiger partial charge on any atom is 0.350 e. The highest BCUT2D eigenvalue weighted by Gasteiger charge is 2.20. The van der Waals surface area contributed by atoms with Crippen molar-refractivity contribution in [3.05, 3.63) is 71.1 Å². The van der Waals surface area contributed by atoms with Crippen LogP contribution in [0.1, 0.15) is 33.9 Å². The van der Waals surface area contributed by atoms with Gasteiger partial charge in [-0.15, -0.1) is 11.3 Å². The summed E-state index contributed by atoms with van der Waals surface area (Å²) in [5.74, 6) is -2.16. The number of thiophene rings is 1. The number of carbonyl (C=O) groups excluding carboxylic acids is 4. The van der Waals surface area contributed by atoms with Gasteiger partial charge in [-0.2, -0.15) is 0 Å². The molecule has 0 saturated carbocycles. The SMILES string of the molecule is CCOC(=O)c1sc(-c2ccccc2)cc1NC(=O)COC(=O)c1cccc(NC(C)=O)c1. The van der Waals surface area contributed by atoms with Crippen LogP contribution in [0.3, 0.4) is 0 Å². The molecular formula is C24H22N2O6S. The average molecular weight is 467 g/mol. The van der Waals surface area contributed by atoms with Crippen molar-refractivity contribution in [2.75, 3.05) is 23.8 Å². The van der Waals surface area contributed by atoms with Crippen molar-refractivity contribution >= 4 is 46.5 Å². The molecule has 0 aliphatic carbocycles. The van der Waals surface area contributed by atoms with Gasteiger partial charge in [0.25, 0.3) is 5.91 Å². The zero-order valence-electron chi connectivity index (χ0n) is 18.0. The summed E-state index contributed by atoms with van der Waals surface area (Å²) in [6, 6.07) is 17.3. The zero-order chi connectivity index (χ0) is 23.8. The van der Waals surface area contributed by atoms with Gasteiger partial charge in [-0.25, -0.2) is 9.59 Å². The number of ether oxygens (including phenoxy) is 2. The first-order valence-corrected chi connectivity index (χ1v) is 10.9. The van der Waals surface area contributed by atoms with Gasteiger partial charge in [0.05, 0.1) is 17.9 Å². The average Bonchev–Trinajstić information content (AvgIpc) is 3.22. The van der Waals surface area contributed by atoms with Gasteiger partial charge in [0.2, 0.25) is 5.91 Å². The second-order valence-corrected chi connectivity index (χ2v) is 7.88. The summed E-state index contributed by atoms with van der Waals surface area (Å²) in [7, 11) is 0. The van der Waals surface area contributed by atoms with E-state index in [2.05, 4.69) is 10.6 Å². The van der Waals surface area contributed by atoms with Gasteiger partial charge in [0.15, 0.2) is 6.61 Å². The van der Waals surface area contributed by atoms with E-state index in [1.807, 2.05) is 30.3 Å². The number of anilines is 2. The first kappa shape index (κ1) is 23.7. The van der Waals surface area contributed by atoms with Crippen LogP contribution in [0.15, 0.2) is 60.7 Å². The third kappa shape index (κ3) is 6.50. The van der Waals surface area contributed by atoms with Crippen molar-refractivity contribution in [1.29, 1.82) is 0 Å². The van der Waals surface area contributed by atoms with E-state index < -0.39 is 24.5 Å². The van der Waals surface area contributed by atoms with Crippen LogP contribution in [0, 0.1) is 0 Å². The van der Waals surface area contributed by atoms with E-state index in [1.54, 1.807) is 25.1 Å². The van der Waals surface area contributed by atoms with Gasteiger partial charge in [-0.1, -0.05) is 36.4 Å². The fourth-order valence-electron chi connectivity index (χ4n) is 2.90. The topological polar surface area (TPSA) is 111 Å². The Labute approximate surface area is 194 Å². The minimum Gasteiger partial charge on any atom is -0.462 e. The quantitative estimate of drug-likeness (QED) is 0.478. The molecule has 0 spiro atoms. The largest absolute Gasteiger partial charge is 0.462 e. The molecule has 0 atom stereocenters. The Kier molecular flexibility index (Phi) is 7.93. The number of carbonyl (C=O) groups is 4. The van der Waals surface area contributed by atoms with Crippen LogP contribution < -0.4 is 10.6 Å². The lowest BCUT2D eigenvalue weighted by molar-refractivity contribution is -0.119. The molecule has 3 rings (SSSR count). The second-order valence-electron chi connectivity index (χ2n) is 6.83. The molecule has 2 N–H and O–H groups in total. The first-order valence-electron chi connectivity index (χ1n) is 10.1. The van der Waals surface area contributed by atoms with E-state index in [0.717, 1.165) is 10.4 Å². The monoisotopic (exact) mass is 466 g/mol. The molecule has 0 saturated heterocycles. The van der Waals surface area contributed by atoms with Crippen LogP contribution in [0.2, 0.25) is 0 Å². The maximum atomic E-state index is 12.4. The summed E-state index contributed by atoms with van der Waals surface area (Å²) in [4.78, 5) is 49.3. The highest BCUT2D eigenvalue weighted by atomic mass is 32.1. The van der Waals surface area contributed by atoms with Crippen molar-refractivity contribution in [2.45, 2.75) is 13.8 Å². The molecule has 33 heavy (non-hydrogen) atoms.